The van der Waals surface area contributed by atoms with Gasteiger partial charge in [0.25, 0.3) is 5.91 Å². The summed E-state index contributed by atoms with van der Waals surface area (Å²) < 4.78 is 7.51. The van der Waals surface area contributed by atoms with Crippen molar-refractivity contribution in [1.82, 2.24) is 19.5 Å². The van der Waals surface area contributed by atoms with Crippen molar-refractivity contribution in [2.24, 2.45) is 5.41 Å². The fourth-order valence-corrected chi connectivity index (χ4v) is 4.66. The van der Waals surface area contributed by atoms with E-state index < -0.39 is 17.4 Å². The van der Waals surface area contributed by atoms with E-state index in [1.165, 1.54) is 10.9 Å². The van der Waals surface area contributed by atoms with Gasteiger partial charge in [-0.05, 0) is 72.1 Å². The molecular formula is C34H32ClN5O3. The predicted octanol–water partition coefficient (Wildman–Crippen LogP) is 7.34. The fourth-order valence-electron chi connectivity index (χ4n) is 4.50. The number of pyridine rings is 2. The van der Waals surface area contributed by atoms with Crippen LogP contribution >= 0.6 is 11.6 Å². The first-order chi connectivity index (χ1) is 20.6. The van der Waals surface area contributed by atoms with E-state index in [9.17, 15) is 9.59 Å². The van der Waals surface area contributed by atoms with Gasteiger partial charge in [-0.1, -0.05) is 56.6 Å². The monoisotopic (exact) mass is 593 g/mol. The van der Waals surface area contributed by atoms with Crippen LogP contribution in [0.15, 0.2) is 97.7 Å². The maximum absolute atomic E-state index is 13.4. The zero-order valence-electron chi connectivity index (χ0n) is 24.4. The van der Waals surface area contributed by atoms with E-state index >= 15 is 0 Å². The number of ketones is 1. The number of amides is 1. The number of rotatable bonds is 9. The van der Waals surface area contributed by atoms with E-state index in [0.29, 0.717) is 22.2 Å². The maximum Gasteiger partial charge on any atom is 0.255 e. The Bertz CT molecular complexity index is 1740. The topological polar surface area (TPSA) is 99.0 Å². The van der Waals surface area contributed by atoms with Gasteiger partial charge in [-0.3, -0.25) is 19.6 Å². The molecule has 5 rings (SSSR count). The summed E-state index contributed by atoms with van der Waals surface area (Å²) in [4.78, 5) is 40.1. The molecule has 3 aromatic heterocycles. The molecule has 0 aliphatic carbocycles. The summed E-state index contributed by atoms with van der Waals surface area (Å²) in [5.74, 6) is -0.0850. The van der Waals surface area contributed by atoms with Crippen LogP contribution in [0, 0.1) is 12.3 Å². The van der Waals surface area contributed by atoms with Crippen LogP contribution < -0.4 is 10.1 Å². The number of aryl methyl sites for hydroxylation is 1. The molecule has 0 bridgehead atoms. The molecule has 0 saturated carbocycles. The van der Waals surface area contributed by atoms with Gasteiger partial charge < -0.3 is 14.6 Å². The second-order valence-corrected chi connectivity index (χ2v) is 11.7. The molecule has 9 heteroatoms. The number of imidazole rings is 1. The number of aromatic nitrogens is 4. The summed E-state index contributed by atoms with van der Waals surface area (Å²) >= 11 is 6.30. The van der Waals surface area contributed by atoms with Crippen molar-refractivity contribution in [3.63, 3.8) is 0 Å². The molecule has 3 heterocycles. The average Bonchev–Trinajstić information content (AvgIpc) is 3.47. The van der Waals surface area contributed by atoms with E-state index in [2.05, 4.69) is 20.3 Å². The molecule has 0 spiro atoms. The average molecular weight is 594 g/mol. The zero-order chi connectivity index (χ0) is 30.6. The van der Waals surface area contributed by atoms with Crippen LogP contribution in [0.1, 0.15) is 38.1 Å². The smallest absolute Gasteiger partial charge is 0.255 e. The van der Waals surface area contributed by atoms with E-state index in [0.717, 1.165) is 28.1 Å². The number of hydrogen-bond acceptors (Lipinski definition) is 6. The van der Waals surface area contributed by atoms with Crippen LogP contribution in [-0.2, 0) is 16.2 Å². The Morgan fingerprint density at radius 1 is 0.907 bits per heavy atom. The second kappa shape index (κ2) is 12.6. The summed E-state index contributed by atoms with van der Waals surface area (Å²) in [6.45, 7) is 7.41. The number of ether oxygens (including phenoxy) is 1. The van der Waals surface area contributed by atoms with Crippen LogP contribution in [0.3, 0.4) is 0 Å². The Morgan fingerprint density at radius 3 is 2.40 bits per heavy atom. The van der Waals surface area contributed by atoms with E-state index in [1.807, 2.05) is 67.6 Å². The number of carbonyl (C=O) groups excluding carboxylic acids is 2. The van der Waals surface area contributed by atoms with Crippen LogP contribution in [0.5, 0.6) is 5.75 Å². The molecule has 1 N–H and O–H groups in total. The van der Waals surface area contributed by atoms with E-state index in [1.54, 1.807) is 51.5 Å². The normalized spacial score (nSPS) is 12.0. The summed E-state index contributed by atoms with van der Waals surface area (Å²) in [6.07, 6.45) is 6.66. The standard InChI is InChI=1S/C34H32ClN5O3/c1-22-8-13-27(35)29(17-22)39-33(42)31(32(41)34(2,3)4)40-19-25(38-21-40)20-43-26-11-9-23(10-12-26)24-14-16-37-30(18-24)28-7-5-6-15-36-28/h5-19,21,31H,20H2,1-4H3,(H,39,42). The summed E-state index contributed by atoms with van der Waals surface area (Å²) in [6, 6.07) is 21.6. The van der Waals surface area contributed by atoms with Gasteiger partial charge in [0, 0.05) is 24.0 Å². The summed E-state index contributed by atoms with van der Waals surface area (Å²) in [7, 11) is 0. The van der Waals surface area contributed by atoms with Crippen molar-refractivity contribution in [3.8, 4) is 28.3 Å². The molecule has 0 saturated heterocycles. The van der Waals surface area contributed by atoms with Crippen molar-refractivity contribution in [3.05, 3.63) is 114 Å². The minimum atomic E-state index is -1.13. The van der Waals surface area contributed by atoms with Crippen molar-refractivity contribution in [1.29, 1.82) is 0 Å². The zero-order valence-corrected chi connectivity index (χ0v) is 25.2. The minimum absolute atomic E-state index is 0.160. The lowest BCUT2D eigenvalue weighted by molar-refractivity contribution is -0.135. The van der Waals surface area contributed by atoms with Gasteiger partial charge in [-0.15, -0.1) is 0 Å². The van der Waals surface area contributed by atoms with Crippen molar-refractivity contribution in [2.45, 2.75) is 40.3 Å². The van der Waals surface area contributed by atoms with Gasteiger partial charge in [0.15, 0.2) is 11.8 Å². The Balaban J connectivity index is 1.28. The lowest BCUT2D eigenvalue weighted by Crippen LogP contribution is -2.38. The highest BCUT2D eigenvalue weighted by molar-refractivity contribution is 6.34. The number of benzene rings is 2. The first-order valence-corrected chi connectivity index (χ1v) is 14.2. The molecule has 0 aliphatic rings. The summed E-state index contributed by atoms with van der Waals surface area (Å²) in [5, 5.41) is 3.21. The second-order valence-electron chi connectivity index (χ2n) is 11.3. The molecule has 218 valence electrons. The molecule has 43 heavy (non-hydrogen) atoms. The van der Waals surface area contributed by atoms with Gasteiger partial charge in [0.1, 0.15) is 12.4 Å². The number of halogens is 1. The quantitative estimate of drug-likeness (QED) is 0.179. The minimum Gasteiger partial charge on any atom is -0.487 e. The van der Waals surface area contributed by atoms with Crippen molar-refractivity contribution in [2.75, 3.05) is 5.32 Å². The maximum atomic E-state index is 13.4. The molecule has 5 aromatic rings. The number of carbonyl (C=O) groups is 2. The van der Waals surface area contributed by atoms with Crippen molar-refractivity contribution >= 4 is 29.0 Å². The fraction of sp³-hybridized carbons (Fsp3) is 0.206. The van der Waals surface area contributed by atoms with Gasteiger partial charge in [-0.2, -0.15) is 0 Å². The first-order valence-electron chi connectivity index (χ1n) is 13.8. The molecule has 0 aliphatic heterocycles. The highest BCUT2D eigenvalue weighted by Gasteiger charge is 2.36. The SMILES string of the molecule is Cc1ccc(Cl)c(NC(=O)C(C(=O)C(C)(C)C)n2cnc(COc3ccc(-c4ccnc(-c5ccccn5)c4)cc3)c2)c1. The number of Topliss-reactive ketones (excluding diaryl/α,β-unsaturated/α-hetero) is 1. The third-order valence-electron chi connectivity index (χ3n) is 6.83. The molecule has 1 unspecified atom stereocenters. The van der Waals surface area contributed by atoms with E-state index in [-0.39, 0.29) is 12.4 Å². The summed E-state index contributed by atoms with van der Waals surface area (Å²) in [5.41, 5.74) is 4.83. The van der Waals surface area contributed by atoms with Gasteiger partial charge in [-0.25, -0.2) is 4.98 Å². The Kier molecular flexibility index (Phi) is 8.68. The van der Waals surface area contributed by atoms with Crippen LogP contribution in [0.25, 0.3) is 22.5 Å². The van der Waals surface area contributed by atoms with Crippen LogP contribution in [0.4, 0.5) is 5.69 Å². The van der Waals surface area contributed by atoms with E-state index in [4.69, 9.17) is 16.3 Å². The molecular weight excluding hydrogens is 562 g/mol. The first kappa shape index (κ1) is 29.7. The Morgan fingerprint density at radius 2 is 1.67 bits per heavy atom. The molecule has 8 nitrogen and oxygen atoms in total. The largest absolute Gasteiger partial charge is 0.487 e. The number of nitrogens with zero attached hydrogens (tertiary/aromatic N) is 4. The van der Waals surface area contributed by atoms with Gasteiger partial charge in [0.05, 0.1) is 34.1 Å². The number of anilines is 1. The highest BCUT2D eigenvalue weighted by Crippen LogP contribution is 2.29. The van der Waals surface area contributed by atoms with Crippen LogP contribution in [0.2, 0.25) is 5.02 Å². The molecule has 2 aromatic carbocycles. The molecule has 0 fully saturated rings. The van der Waals surface area contributed by atoms with Gasteiger partial charge >= 0.3 is 0 Å². The number of hydrogen-bond donors (Lipinski definition) is 1. The van der Waals surface area contributed by atoms with Crippen molar-refractivity contribution < 1.29 is 14.3 Å². The van der Waals surface area contributed by atoms with Crippen LogP contribution in [-0.4, -0.2) is 31.2 Å². The predicted molar refractivity (Wildman–Crippen MR) is 168 cm³/mol. The number of nitrogens with one attached hydrogen (secondary N) is 1. The Labute approximate surface area is 255 Å². The van der Waals surface area contributed by atoms with Gasteiger partial charge in [0.2, 0.25) is 0 Å². The molecule has 0 radical (unpaired) electrons. The lowest BCUT2D eigenvalue weighted by Gasteiger charge is -2.25. The molecule has 1 amide bonds. The third kappa shape index (κ3) is 7.16. The lowest BCUT2D eigenvalue weighted by atomic mass is 9.86. The Hall–Kier alpha value is -4.82. The highest BCUT2D eigenvalue weighted by atomic mass is 35.5. The third-order valence-corrected chi connectivity index (χ3v) is 7.16. The molecule has 1 atom stereocenters.